The Morgan fingerprint density at radius 1 is 1.18 bits per heavy atom. The highest BCUT2D eigenvalue weighted by atomic mass is 35.5. The van der Waals surface area contributed by atoms with Crippen LogP contribution in [0.15, 0.2) is 18.2 Å². The van der Waals surface area contributed by atoms with Crippen LogP contribution in [0.5, 0.6) is 5.75 Å². The summed E-state index contributed by atoms with van der Waals surface area (Å²) in [5.74, 6) is 1.98. The van der Waals surface area contributed by atoms with Crippen molar-refractivity contribution in [3.05, 3.63) is 29.3 Å². The van der Waals surface area contributed by atoms with Crippen LogP contribution in [-0.2, 0) is 0 Å². The van der Waals surface area contributed by atoms with E-state index in [2.05, 4.69) is 42.3 Å². The first-order valence-corrected chi connectivity index (χ1v) is 8.26. The molecule has 0 bridgehead atoms. The van der Waals surface area contributed by atoms with E-state index in [4.69, 9.17) is 4.74 Å². The lowest BCUT2D eigenvalue weighted by Crippen LogP contribution is -2.37. The first kappa shape index (κ1) is 19.3. The van der Waals surface area contributed by atoms with Gasteiger partial charge in [0.15, 0.2) is 0 Å². The SMILES string of the molecule is CNCCC1CCN(CCOc2c(C)cccc2C)CC1.Cl. The lowest BCUT2D eigenvalue weighted by Gasteiger charge is -2.31. The number of piperidine rings is 1. The minimum absolute atomic E-state index is 0. The van der Waals surface area contributed by atoms with Gasteiger partial charge < -0.3 is 10.1 Å². The molecule has 1 heterocycles. The van der Waals surface area contributed by atoms with Crippen LogP contribution in [0.1, 0.15) is 30.4 Å². The summed E-state index contributed by atoms with van der Waals surface area (Å²) in [6, 6.07) is 6.33. The molecule has 126 valence electrons. The molecule has 1 aromatic carbocycles. The van der Waals surface area contributed by atoms with Gasteiger partial charge in [-0.3, -0.25) is 4.90 Å². The molecule has 1 N–H and O–H groups in total. The van der Waals surface area contributed by atoms with Gasteiger partial charge in [-0.15, -0.1) is 12.4 Å². The van der Waals surface area contributed by atoms with Crippen LogP contribution < -0.4 is 10.1 Å². The summed E-state index contributed by atoms with van der Waals surface area (Å²) >= 11 is 0. The molecule has 1 aromatic rings. The molecule has 0 aliphatic carbocycles. The summed E-state index contributed by atoms with van der Waals surface area (Å²) < 4.78 is 6.01. The third kappa shape index (κ3) is 5.79. The standard InChI is InChI=1S/C18H30N2O.ClH/c1-15-5-4-6-16(2)18(15)21-14-13-20-11-8-17(9-12-20)7-10-19-3;/h4-6,17,19H,7-14H2,1-3H3;1H. The molecule has 0 spiro atoms. The molecule has 1 fully saturated rings. The molecule has 2 rings (SSSR count). The largest absolute Gasteiger partial charge is 0.492 e. The number of nitrogens with one attached hydrogen (secondary N) is 1. The molecule has 3 nitrogen and oxygen atoms in total. The number of benzene rings is 1. The molecular formula is C18H31ClN2O. The van der Waals surface area contributed by atoms with Crippen molar-refractivity contribution in [3.8, 4) is 5.75 Å². The lowest BCUT2D eigenvalue weighted by molar-refractivity contribution is 0.151. The molecule has 0 amide bonds. The second kappa shape index (κ2) is 10.1. The number of nitrogens with zero attached hydrogens (tertiary/aromatic N) is 1. The van der Waals surface area contributed by atoms with E-state index >= 15 is 0 Å². The Hall–Kier alpha value is -0.770. The summed E-state index contributed by atoms with van der Waals surface area (Å²) in [6.07, 6.45) is 4.00. The molecule has 0 atom stereocenters. The first-order valence-electron chi connectivity index (χ1n) is 8.26. The number of ether oxygens (including phenoxy) is 1. The zero-order chi connectivity index (χ0) is 15.1. The molecule has 1 aliphatic heterocycles. The van der Waals surface area contributed by atoms with Crippen molar-refractivity contribution < 1.29 is 4.74 Å². The van der Waals surface area contributed by atoms with E-state index in [9.17, 15) is 0 Å². The fraction of sp³-hybridized carbons (Fsp3) is 0.667. The predicted octanol–water partition coefficient (Wildman–Crippen LogP) is 3.43. The average Bonchev–Trinajstić information content (AvgIpc) is 2.49. The molecule has 0 radical (unpaired) electrons. The molecule has 1 aliphatic rings. The summed E-state index contributed by atoms with van der Waals surface area (Å²) in [6.45, 7) is 9.69. The summed E-state index contributed by atoms with van der Waals surface area (Å²) in [5, 5.41) is 3.26. The van der Waals surface area contributed by atoms with E-state index in [1.807, 2.05) is 7.05 Å². The van der Waals surface area contributed by atoms with E-state index in [-0.39, 0.29) is 12.4 Å². The van der Waals surface area contributed by atoms with Crippen molar-refractivity contribution >= 4 is 12.4 Å². The molecule has 4 heteroatoms. The minimum Gasteiger partial charge on any atom is -0.492 e. The molecule has 22 heavy (non-hydrogen) atoms. The van der Waals surface area contributed by atoms with E-state index in [0.717, 1.165) is 31.4 Å². The average molecular weight is 327 g/mol. The zero-order valence-corrected chi connectivity index (χ0v) is 15.0. The van der Waals surface area contributed by atoms with E-state index in [1.54, 1.807) is 0 Å². The van der Waals surface area contributed by atoms with Crippen LogP contribution in [0.3, 0.4) is 0 Å². The number of hydrogen-bond donors (Lipinski definition) is 1. The zero-order valence-electron chi connectivity index (χ0n) is 14.2. The van der Waals surface area contributed by atoms with Gasteiger partial charge in [0.05, 0.1) is 0 Å². The van der Waals surface area contributed by atoms with Crippen molar-refractivity contribution in [1.29, 1.82) is 0 Å². The third-order valence-corrected chi connectivity index (χ3v) is 4.57. The molecule has 1 saturated heterocycles. The van der Waals surface area contributed by atoms with Crippen LogP contribution >= 0.6 is 12.4 Å². The topological polar surface area (TPSA) is 24.5 Å². The predicted molar refractivity (Wildman–Crippen MR) is 96.4 cm³/mol. The summed E-state index contributed by atoms with van der Waals surface area (Å²) in [7, 11) is 2.04. The quantitative estimate of drug-likeness (QED) is 0.831. The third-order valence-electron chi connectivity index (χ3n) is 4.57. The number of aryl methyl sites for hydroxylation is 2. The Morgan fingerprint density at radius 2 is 1.82 bits per heavy atom. The minimum atomic E-state index is 0. The van der Waals surface area contributed by atoms with E-state index < -0.39 is 0 Å². The molecular weight excluding hydrogens is 296 g/mol. The number of halogens is 1. The Bertz CT molecular complexity index is 411. The van der Waals surface area contributed by atoms with Gasteiger partial charge in [0.1, 0.15) is 12.4 Å². The highest BCUT2D eigenvalue weighted by Gasteiger charge is 2.18. The maximum atomic E-state index is 6.01. The van der Waals surface area contributed by atoms with Gasteiger partial charge in [-0.2, -0.15) is 0 Å². The number of hydrogen-bond acceptors (Lipinski definition) is 3. The normalized spacial score (nSPS) is 16.3. The van der Waals surface area contributed by atoms with Crippen LogP contribution in [0.4, 0.5) is 0 Å². The molecule has 0 saturated carbocycles. The number of para-hydroxylation sites is 1. The Kier molecular flexibility index (Phi) is 8.84. The maximum absolute atomic E-state index is 6.01. The van der Waals surface area contributed by atoms with Gasteiger partial charge >= 0.3 is 0 Å². The van der Waals surface area contributed by atoms with Crippen LogP contribution in [0.2, 0.25) is 0 Å². The van der Waals surface area contributed by atoms with Crippen molar-refractivity contribution in [2.45, 2.75) is 33.1 Å². The van der Waals surface area contributed by atoms with Crippen LogP contribution in [0.25, 0.3) is 0 Å². The fourth-order valence-electron chi connectivity index (χ4n) is 3.15. The smallest absolute Gasteiger partial charge is 0.125 e. The van der Waals surface area contributed by atoms with Crippen molar-refractivity contribution in [1.82, 2.24) is 10.2 Å². The second-order valence-corrected chi connectivity index (χ2v) is 6.25. The Labute approximate surface area is 141 Å². The van der Waals surface area contributed by atoms with Crippen molar-refractivity contribution in [2.24, 2.45) is 5.92 Å². The van der Waals surface area contributed by atoms with Crippen molar-refractivity contribution in [3.63, 3.8) is 0 Å². The Balaban J connectivity index is 0.00000242. The van der Waals surface area contributed by atoms with Crippen LogP contribution in [0, 0.1) is 19.8 Å². The van der Waals surface area contributed by atoms with Gasteiger partial charge in [-0.05, 0) is 76.8 Å². The Morgan fingerprint density at radius 3 is 2.41 bits per heavy atom. The summed E-state index contributed by atoms with van der Waals surface area (Å²) in [4.78, 5) is 2.55. The van der Waals surface area contributed by atoms with E-state index in [1.165, 1.54) is 43.5 Å². The van der Waals surface area contributed by atoms with Crippen LogP contribution in [-0.4, -0.2) is 44.7 Å². The number of rotatable bonds is 7. The van der Waals surface area contributed by atoms with Gasteiger partial charge in [-0.25, -0.2) is 0 Å². The van der Waals surface area contributed by atoms with Gasteiger partial charge in [-0.1, -0.05) is 18.2 Å². The fourth-order valence-corrected chi connectivity index (χ4v) is 3.15. The van der Waals surface area contributed by atoms with E-state index in [0.29, 0.717) is 0 Å². The second-order valence-electron chi connectivity index (χ2n) is 6.25. The summed E-state index contributed by atoms with van der Waals surface area (Å²) in [5.41, 5.74) is 2.47. The van der Waals surface area contributed by atoms with Gasteiger partial charge in [0.2, 0.25) is 0 Å². The maximum Gasteiger partial charge on any atom is 0.125 e. The lowest BCUT2D eigenvalue weighted by atomic mass is 9.93. The first-order chi connectivity index (χ1) is 10.2. The monoisotopic (exact) mass is 326 g/mol. The number of likely N-dealkylation sites (tertiary alicyclic amines) is 1. The molecule has 0 aromatic heterocycles. The highest BCUT2D eigenvalue weighted by Crippen LogP contribution is 2.23. The van der Waals surface area contributed by atoms with Gasteiger partial charge in [0, 0.05) is 6.54 Å². The van der Waals surface area contributed by atoms with Crippen molar-refractivity contribution in [2.75, 3.05) is 39.8 Å². The highest BCUT2D eigenvalue weighted by molar-refractivity contribution is 5.85. The van der Waals surface area contributed by atoms with Gasteiger partial charge in [0.25, 0.3) is 0 Å². The molecule has 0 unspecified atom stereocenters.